The second-order valence-electron chi connectivity index (χ2n) is 4.74. The topological polar surface area (TPSA) is 47.8 Å². The minimum Gasteiger partial charge on any atom is -0.294 e. The molecule has 1 aromatic heterocycles. The average Bonchev–Trinajstić information content (AvgIpc) is 2.84. The summed E-state index contributed by atoms with van der Waals surface area (Å²) in [7, 11) is 0. The molecule has 1 aromatic carbocycles. The molecule has 106 valence electrons. The number of benzene rings is 1. The number of aromatic nitrogens is 3. The van der Waals surface area contributed by atoms with Gasteiger partial charge >= 0.3 is 0 Å². The van der Waals surface area contributed by atoms with Crippen molar-refractivity contribution >= 4 is 5.78 Å². The van der Waals surface area contributed by atoms with E-state index in [0.29, 0.717) is 23.2 Å². The lowest BCUT2D eigenvalue weighted by atomic mass is 10.1. The third kappa shape index (κ3) is 2.48. The highest BCUT2D eigenvalue weighted by atomic mass is 19.1. The number of nitrogens with zero attached hydrogens (tertiary/aromatic N) is 3. The Bertz CT molecular complexity index is 661. The number of halogens is 1. The molecule has 1 heterocycles. The standard InChI is InChI=1S/C15H18FN3O/c1-5-14-17-15(6-2)19(18-14)13-7-9(3)12(16)8-11(13)10(4)20/h7-8H,5-6H2,1-4H3. The Morgan fingerprint density at radius 1 is 1.30 bits per heavy atom. The maximum atomic E-state index is 13.7. The number of carbonyl (C=O) groups is 1. The highest BCUT2D eigenvalue weighted by molar-refractivity contribution is 5.97. The molecule has 0 radical (unpaired) electrons. The maximum Gasteiger partial charge on any atom is 0.162 e. The van der Waals surface area contributed by atoms with Gasteiger partial charge in [-0.15, -0.1) is 0 Å². The van der Waals surface area contributed by atoms with Crippen LogP contribution in [0.25, 0.3) is 5.69 Å². The Kier molecular flexibility index (Phi) is 3.97. The van der Waals surface area contributed by atoms with Crippen LogP contribution in [0.2, 0.25) is 0 Å². The van der Waals surface area contributed by atoms with Crippen LogP contribution in [-0.2, 0) is 12.8 Å². The first kappa shape index (κ1) is 14.4. The molecule has 0 fully saturated rings. The summed E-state index contributed by atoms with van der Waals surface area (Å²) in [4.78, 5) is 16.2. The summed E-state index contributed by atoms with van der Waals surface area (Å²) in [5, 5.41) is 4.41. The minimum atomic E-state index is -0.382. The van der Waals surface area contributed by atoms with Crippen LogP contribution in [0.15, 0.2) is 12.1 Å². The Morgan fingerprint density at radius 2 is 2.00 bits per heavy atom. The SMILES string of the molecule is CCc1nc(CC)n(-c2cc(C)c(F)cc2C(C)=O)n1. The van der Waals surface area contributed by atoms with Gasteiger partial charge in [0.1, 0.15) is 11.6 Å². The van der Waals surface area contributed by atoms with Crippen LogP contribution >= 0.6 is 0 Å². The monoisotopic (exact) mass is 275 g/mol. The fraction of sp³-hybridized carbons (Fsp3) is 0.400. The van der Waals surface area contributed by atoms with Gasteiger partial charge in [0, 0.05) is 18.4 Å². The van der Waals surface area contributed by atoms with E-state index in [0.717, 1.165) is 18.1 Å². The van der Waals surface area contributed by atoms with E-state index < -0.39 is 0 Å². The molecule has 0 amide bonds. The van der Waals surface area contributed by atoms with Gasteiger partial charge in [-0.3, -0.25) is 4.79 Å². The number of carbonyl (C=O) groups excluding carboxylic acids is 1. The average molecular weight is 275 g/mol. The van der Waals surface area contributed by atoms with Crippen LogP contribution in [0.4, 0.5) is 4.39 Å². The molecule has 5 heteroatoms. The highest BCUT2D eigenvalue weighted by Gasteiger charge is 2.17. The quantitative estimate of drug-likeness (QED) is 0.806. The molecule has 0 unspecified atom stereocenters. The number of hydrogen-bond acceptors (Lipinski definition) is 3. The van der Waals surface area contributed by atoms with Gasteiger partial charge in [0.15, 0.2) is 11.6 Å². The van der Waals surface area contributed by atoms with Crippen LogP contribution in [0.3, 0.4) is 0 Å². The molecule has 0 saturated heterocycles. The first-order chi connectivity index (χ1) is 9.47. The Balaban J connectivity index is 2.71. The maximum absolute atomic E-state index is 13.7. The molecule has 0 aliphatic heterocycles. The second kappa shape index (κ2) is 5.53. The fourth-order valence-electron chi connectivity index (χ4n) is 2.09. The third-order valence-electron chi connectivity index (χ3n) is 3.23. The van der Waals surface area contributed by atoms with Gasteiger partial charge in [0.05, 0.1) is 5.69 Å². The van der Waals surface area contributed by atoms with E-state index >= 15 is 0 Å². The van der Waals surface area contributed by atoms with E-state index in [1.165, 1.54) is 13.0 Å². The molecule has 0 aliphatic rings. The normalized spacial score (nSPS) is 10.8. The van der Waals surface area contributed by atoms with Gasteiger partial charge in [-0.05, 0) is 31.5 Å². The Labute approximate surface area is 117 Å². The van der Waals surface area contributed by atoms with Crippen molar-refractivity contribution in [1.29, 1.82) is 0 Å². The van der Waals surface area contributed by atoms with Crippen molar-refractivity contribution in [3.63, 3.8) is 0 Å². The number of hydrogen-bond donors (Lipinski definition) is 0. The summed E-state index contributed by atoms with van der Waals surface area (Å²) < 4.78 is 15.3. The van der Waals surface area contributed by atoms with E-state index in [4.69, 9.17) is 0 Å². The largest absolute Gasteiger partial charge is 0.294 e. The molecule has 2 rings (SSSR count). The van der Waals surface area contributed by atoms with Gasteiger partial charge in [0.2, 0.25) is 0 Å². The molecule has 0 spiro atoms. The summed E-state index contributed by atoms with van der Waals surface area (Å²) in [5.41, 5.74) is 1.41. The molecule has 2 aromatic rings. The van der Waals surface area contributed by atoms with E-state index in [1.807, 2.05) is 13.8 Å². The van der Waals surface area contributed by atoms with E-state index in [1.54, 1.807) is 17.7 Å². The molecule has 0 saturated carbocycles. The van der Waals surface area contributed by atoms with Gasteiger partial charge in [-0.1, -0.05) is 13.8 Å². The minimum absolute atomic E-state index is 0.186. The first-order valence-corrected chi connectivity index (χ1v) is 6.74. The summed E-state index contributed by atoms with van der Waals surface area (Å²) in [6.07, 6.45) is 1.41. The summed E-state index contributed by atoms with van der Waals surface area (Å²) in [6.45, 7) is 7.05. The molecule has 0 bridgehead atoms. The molecule has 4 nitrogen and oxygen atoms in total. The van der Waals surface area contributed by atoms with E-state index in [9.17, 15) is 9.18 Å². The van der Waals surface area contributed by atoms with Crippen molar-refractivity contribution in [2.75, 3.05) is 0 Å². The van der Waals surface area contributed by atoms with Gasteiger partial charge in [-0.2, -0.15) is 5.10 Å². The predicted octanol–water partition coefficient (Wildman–Crippen LogP) is 3.04. The zero-order valence-corrected chi connectivity index (χ0v) is 12.2. The predicted molar refractivity (Wildman–Crippen MR) is 74.8 cm³/mol. The van der Waals surface area contributed by atoms with Crippen LogP contribution in [0.5, 0.6) is 0 Å². The number of rotatable bonds is 4. The summed E-state index contributed by atoms with van der Waals surface area (Å²) >= 11 is 0. The van der Waals surface area contributed by atoms with E-state index in [-0.39, 0.29) is 11.6 Å². The molecule has 0 aliphatic carbocycles. The van der Waals surface area contributed by atoms with Crippen molar-refractivity contribution in [3.8, 4) is 5.69 Å². The zero-order chi connectivity index (χ0) is 14.9. The van der Waals surface area contributed by atoms with Crippen LogP contribution < -0.4 is 0 Å². The number of ketones is 1. The third-order valence-corrected chi connectivity index (χ3v) is 3.23. The Morgan fingerprint density at radius 3 is 2.55 bits per heavy atom. The van der Waals surface area contributed by atoms with Crippen molar-refractivity contribution in [1.82, 2.24) is 14.8 Å². The smallest absolute Gasteiger partial charge is 0.162 e. The lowest BCUT2D eigenvalue weighted by Crippen LogP contribution is -2.09. The number of Topliss-reactive ketones (excluding diaryl/α,β-unsaturated/α-hetero) is 1. The summed E-state index contributed by atoms with van der Waals surface area (Å²) in [5.74, 6) is 0.927. The van der Waals surface area contributed by atoms with Crippen LogP contribution in [-0.4, -0.2) is 20.5 Å². The fourth-order valence-corrected chi connectivity index (χ4v) is 2.09. The summed E-state index contributed by atoms with van der Waals surface area (Å²) in [6, 6.07) is 2.93. The highest BCUT2D eigenvalue weighted by Crippen LogP contribution is 2.21. The van der Waals surface area contributed by atoms with Crippen LogP contribution in [0, 0.1) is 12.7 Å². The lowest BCUT2D eigenvalue weighted by molar-refractivity contribution is 0.101. The van der Waals surface area contributed by atoms with Crippen molar-refractivity contribution in [2.45, 2.75) is 40.5 Å². The number of aryl methyl sites for hydroxylation is 3. The Hall–Kier alpha value is -2.04. The van der Waals surface area contributed by atoms with Gasteiger partial charge in [0.25, 0.3) is 0 Å². The first-order valence-electron chi connectivity index (χ1n) is 6.74. The second-order valence-corrected chi connectivity index (χ2v) is 4.74. The van der Waals surface area contributed by atoms with Crippen molar-refractivity contribution < 1.29 is 9.18 Å². The van der Waals surface area contributed by atoms with Crippen molar-refractivity contribution in [3.05, 3.63) is 40.7 Å². The zero-order valence-electron chi connectivity index (χ0n) is 12.2. The molecule has 20 heavy (non-hydrogen) atoms. The molecular weight excluding hydrogens is 257 g/mol. The van der Waals surface area contributed by atoms with Gasteiger partial charge < -0.3 is 0 Å². The van der Waals surface area contributed by atoms with Crippen molar-refractivity contribution in [2.24, 2.45) is 0 Å². The molecule has 0 atom stereocenters. The molecule has 0 N–H and O–H groups in total. The molecular formula is C15H18FN3O. The van der Waals surface area contributed by atoms with Gasteiger partial charge in [-0.25, -0.2) is 14.1 Å². The van der Waals surface area contributed by atoms with E-state index in [2.05, 4.69) is 10.1 Å². The van der Waals surface area contributed by atoms with Crippen LogP contribution in [0.1, 0.15) is 48.3 Å². The lowest BCUT2D eigenvalue weighted by Gasteiger charge is -2.11.